The molecule has 110 valence electrons. The first-order valence-electron chi connectivity index (χ1n) is 6.27. The first-order valence-corrected chi connectivity index (χ1v) is 6.64. The molecule has 2 atom stereocenters. The fourth-order valence-corrected chi connectivity index (χ4v) is 2.00. The fraction of sp³-hybridized carbons (Fsp3) is 0.429. The number of carboxylic acid groups (broad SMARTS) is 1. The van der Waals surface area contributed by atoms with Crippen LogP contribution in [0.15, 0.2) is 24.3 Å². The topological polar surface area (TPSA) is 69.6 Å². The van der Waals surface area contributed by atoms with Crippen molar-refractivity contribution in [3.8, 4) is 0 Å². The van der Waals surface area contributed by atoms with Gasteiger partial charge in [-0.15, -0.1) is 0 Å². The number of carbonyl (C=O) groups is 2. The maximum Gasteiger partial charge on any atom is 0.327 e. The highest BCUT2D eigenvalue weighted by molar-refractivity contribution is 6.30. The molecule has 0 radical (unpaired) electrons. The number of benzene rings is 1. The number of amides is 1. The summed E-state index contributed by atoms with van der Waals surface area (Å²) in [5.74, 6) is -1.40. The maximum absolute atomic E-state index is 11.1. The molecule has 2 unspecified atom stereocenters. The normalized spacial score (nSPS) is 13.8. The Bertz CT molecular complexity index is 476. The van der Waals surface area contributed by atoms with Gasteiger partial charge in [0.2, 0.25) is 5.91 Å². The summed E-state index contributed by atoms with van der Waals surface area (Å²) in [5, 5.41) is 12.2. The van der Waals surface area contributed by atoms with Gasteiger partial charge in [0, 0.05) is 24.5 Å². The van der Waals surface area contributed by atoms with Crippen LogP contribution in [0.25, 0.3) is 0 Å². The molecule has 0 aliphatic rings. The van der Waals surface area contributed by atoms with Gasteiger partial charge in [0.15, 0.2) is 0 Å². The molecule has 1 rings (SSSR count). The van der Waals surface area contributed by atoms with E-state index in [9.17, 15) is 9.59 Å². The zero-order chi connectivity index (χ0) is 15.3. The zero-order valence-corrected chi connectivity index (χ0v) is 12.5. The van der Waals surface area contributed by atoms with E-state index >= 15 is 0 Å². The second-order valence-electron chi connectivity index (χ2n) is 4.76. The fourth-order valence-electron chi connectivity index (χ4n) is 1.87. The number of nitrogens with one attached hydrogen (secondary N) is 1. The highest BCUT2D eigenvalue weighted by Gasteiger charge is 2.23. The number of halogens is 1. The van der Waals surface area contributed by atoms with Crippen LogP contribution >= 0.6 is 11.6 Å². The molecule has 0 saturated carbocycles. The van der Waals surface area contributed by atoms with Crippen molar-refractivity contribution >= 4 is 23.5 Å². The van der Waals surface area contributed by atoms with Gasteiger partial charge in [-0.25, -0.2) is 4.79 Å². The number of carboxylic acids is 1. The number of carbonyl (C=O) groups excluding carboxylic acids is 1. The van der Waals surface area contributed by atoms with Crippen LogP contribution in [0.5, 0.6) is 0 Å². The largest absolute Gasteiger partial charge is 0.480 e. The number of nitrogens with zero attached hydrogens (tertiary/aromatic N) is 1. The Morgan fingerprint density at radius 2 is 1.90 bits per heavy atom. The van der Waals surface area contributed by atoms with Crippen molar-refractivity contribution in [2.45, 2.75) is 25.9 Å². The van der Waals surface area contributed by atoms with Gasteiger partial charge in [-0.1, -0.05) is 23.7 Å². The molecule has 0 saturated heterocycles. The Balaban J connectivity index is 2.72. The zero-order valence-electron chi connectivity index (χ0n) is 11.8. The Hall–Kier alpha value is -1.59. The molecule has 1 aromatic rings. The lowest BCUT2D eigenvalue weighted by Crippen LogP contribution is -2.47. The number of rotatable bonds is 6. The summed E-state index contributed by atoms with van der Waals surface area (Å²) in [7, 11) is 1.82. The van der Waals surface area contributed by atoms with Gasteiger partial charge in [-0.05, 0) is 31.7 Å². The Labute approximate surface area is 123 Å². The van der Waals surface area contributed by atoms with Gasteiger partial charge in [0.05, 0.1) is 0 Å². The highest BCUT2D eigenvalue weighted by atomic mass is 35.5. The third kappa shape index (κ3) is 4.83. The molecular formula is C14H19ClN2O3. The first-order chi connectivity index (χ1) is 9.31. The molecule has 0 bridgehead atoms. The van der Waals surface area contributed by atoms with Gasteiger partial charge in [0.1, 0.15) is 6.04 Å². The van der Waals surface area contributed by atoms with Crippen LogP contribution in [0, 0.1) is 0 Å². The van der Waals surface area contributed by atoms with Gasteiger partial charge in [0.25, 0.3) is 0 Å². The van der Waals surface area contributed by atoms with Crippen LogP contribution in [0.2, 0.25) is 5.02 Å². The average Bonchev–Trinajstić information content (AvgIpc) is 2.37. The van der Waals surface area contributed by atoms with E-state index in [1.165, 1.54) is 6.92 Å². The minimum atomic E-state index is -1.05. The summed E-state index contributed by atoms with van der Waals surface area (Å²) >= 11 is 5.84. The quantitative estimate of drug-likeness (QED) is 0.842. The molecule has 0 fully saturated rings. The lowest BCUT2D eigenvalue weighted by atomic mass is 10.1. The van der Waals surface area contributed by atoms with Crippen molar-refractivity contribution in [1.82, 2.24) is 10.2 Å². The lowest BCUT2D eigenvalue weighted by molar-refractivity contribution is -0.142. The van der Waals surface area contributed by atoms with Crippen molar-refractivity contribution in [3.63, 3.8) is 0 Å². The van der Waals surface area contributed by atoms with E-state index < -0.39 is 12.0 Å². The minimum absolute atomic E-state index is 0.0166. The molecule has 2 N–H and O–H groups in total. The predicted molar refractivity (Wildman–Crippen MR) is 77.7 cm³/mol. The molecule has 0 spiro atoms. The summed E-state index contributed by atoms with van der Waals surface area (Å²) in [6.07, 6.45) is 0. The Kier molecular flexibility index (Phi) is 5.98. The van der Waals surface area contributed by atoms with Gasteiger partial charge in [-0.2, -0.15) is 0 Å². The second kappa shape index (κ2) is 7.26. The lowest BCUT2D eigenvalue weighted by Gasteiger charge is -2.28. The van der Waals surface area contributed by atoms with E-state index in [0.29, 0.717) is 5.02 Å². The van der Waals surface area contributed by atoms with Crippen molar-refractivity contribution < 1.29 is 14.7 Å². The Morgan fingerprint density at radius 1 is 1.35 bits per heavy atom. The number of aliphatic carboxylic acids is 1. The summed E-state index contributed by atoms with van der Waals surface area (Å²) in [5.41, 5.74) is 1.03. The molecule has 5 nitrogen and oxygen atoms in total. The smallest absolute Gasteiger partial charge is 0.327 e. The molecule has 1 amide bonds. The molecule has 0 aliphatic heterocycles. The van der Waals surface area contributed by atoms with E-state index in [0.717, 1.165) is 5.56 Å². The van der Waals surface area contributed by atoms with Crippen LogP contribution in [0.3, 0.4) is 0 Å². The van der Waals surface area contributed by atoms with Crippen LogP contribution in [0.1, 0.15) is 25.5 Å². The third-order valence-corrected chi connectivity index (χ3v) is 3.41. The number of hydrogen-bond acceptors (Lipinski definition) is 3. The standard InChI is InChI=1S/C14H19ClN2O3/c1-9(11-4-6-12(15)7-5-11)17(3)8-13(14(19)20)16-10(2)18/h4-7,9,13H,8H2,1-3H3,(H,16,18)(H,19,20). The molecule has 0 aliphatic carbocycles. The molecule has 0 heterocycles. The predicted octanol–water partition coefficient (Wildman–Crippen LogP) is 1.92. The third-order valence-electron chi connectivity index (χ3n) is 3.16. The van der Waals surface area contributed by atoms with Crippen LogP contribution in [-0.2, 0) is 9.59 Å². The molecule has 20 heavy (non-hydrogen) atoms. The van der Waals surface area contributed by atoms with Crippen molar-refractivity contribution in [3.05, 3.63) is 34.9 Å². The molecule has 0 aromatic heterocycles. The second-order valence-corrected chi connectivity index (χ2v) is 5.19. The van der Waals surface area contributed by atoms with E-state index in [-0.39, 0.29) is 18.5 Å². The van der Waals surface area contributed by atoms with E-state index in [1.807, 2.05) is 31.0 Å². The molecule has 1 aromatic carbocycles. The minimum Gasteiger partial charge on any atom is -0.480 e. The van der Waals surface area contributed by atoms with Crippen LogP contribution in [0.4, 0.5) is 0 Å². The molecular weight excluding hydrogens is 280 g/mol. The SMILES string of the molecule is CC(=O)NC(CN(C)C(C)c1ccc(Cl)cc1)C(=O)O. The summed E-state index contributed by atoms with van der Waals surface area (Å²) in [6.45, 7) is 3.49. The van der Waals surface area contributed by atoms with Crippen molar-refractivity contribution in [2.24, 2.45) is 0 Å². The van der Waals surface area contributed by atoms with E-state index in [4.69, 9.17) is 16.7 Å². The summed E-state index contributed by atoms with van der Waals surface area (Å²) in [4.78, 5) is 24.0. The summed E-state index contributed by atoms with van der Waals surface area (Å²) < 4.78 is 0. The first kappa shape index (κ1) is 16.5. The van der Waals surface area contributed by atoms with Crippen molar-refractivity contribution in [2.75, 3.05) is 13.6 Å². The average molecular weight is 299 g/mol. The number of hydrogen-bond donors (Lipinski definition) is 2. The van der Waals surface area contributed by atoms with Gasteiger partial charge < -0.3 is 10.4 Å². The van der Waals surface area contributed by atoms with E-state index in [2.05, 4.69) is 5.32 Å². The highest BCUT2D eigenvalue weighted by Crippen LogP contribution is 2.20. The van der Waals surface area contributed by atoms with E-state index in [1.54, 1.807) is 12.1 Å². The monoisotopic (exact) mass is 298 g/mol. The van der Waals surface area contributed by atoms with Gasteiger partial charge >= 0.3 is 5.97 Å². The number of likely N-dealkylation sites (N-methyl/N-ethyl adjacent to an activating group) is 1. The maximum atomic E-state index is 11.1. The van der Waals surface area contributed by atoms with Crippen LogP contribution in [-0.4, -0.2) is 41.5 Å². The van der Waals surface area contributed by atoms with Crippen molar-refractivity contribution in [1.29, 1.82) is 0 Å². The van der Waals surface area contributed by atoms with Crippen LogP contribution < -0.4 is 5.32 Å². The van der Waals surface area contributed by atoms with Gasteiger partial charge in [-0.3, -0.25) is 9.69 Å². The summed E-state index contributed by atoms with van der Waals surface area (Å²) in [6, 6.07) is 6.48. The molecule has 6 heteroatoms. The Morgan fingerprint density at radius 3 is 2.35 bits per heavy atom.